The highest BCUT2D eigenvalue weighted by atomic mass is 16.5. The lowest BCUT2D eigenvalue weighted by atomic mass is 10.2. The maximum absolute atomic E-state index is 5.37. The molecule has 80 valence electrons. The number of hydrogen-bond acceptors (Lipinski definition) is 1. The summed E-state index contributed by atoms with van der Waals surface area (Å²) >= 11 is 0. The Hall–Kier alpha value is -1.50. The topological polar surface area (TPSA) is 9.23 Å². The quantitative estimate of drug-likeness (QED) is 0.499. The first-order chi connectivity index (χ1) is 7.43. The maximum atomic E-state index is 5.37. The molecule has 0 saturated heterocycles. The van der Waals surface area contributed by atoms with E-state index in [2.05, 4.69) is 25.1 Å². The molecular formula is C14H18O. The molecule has 0 aliphatic rings. The minimum absolute atomic E-state index is 0.638. The number of hydrogen-bond donors (Lipinski definition) is 0. The molecule has 1 aromatic rings. The van der Waals surface area contributed by atoms with Crippen molar-refractivity contribution in [3.63, 3.8) is 0 Å². The van der Waals surface area contributed by atoms with Crippen molar-refractivity contribution in [3.8, 4) is 0 Å². The summed E-state index contributed by atoms with van der Waals surface area (Å²) in [4.78, 5) is 0. The lowest BCUT2D eigenvalue weighted by Gasteiger charge is -1.99. The molecule has 0 fully saturated rings. The lowest BCUT2D eigenvalue weighted by molar-refractivity contribution is 0.236. The molecule has 15 heavy (non-hydrogen) atoms. The Morgan fingerprint density at radius 3 is 2.67 bits per heavy atom. The number of rotatable bonds is 6. The number of unbranched alkanes of at least 4 members (excludes halogenated alkanes) is 1. The molecule has 0 aliphatic heterocycles. The predicted molar refractivity (Wildman–Crippen MR) is 64.4 cm³/mol. The Morgan fingerprint density at radius 1 is 1.13 bits per heavy atom. The zero-order chi connectivity index (χ0) is 10.8. The van der Waals surface area contributed by atoms with Gasteiger partial charge in [0.05, 0.1) is 6.26 Å². The molecule has 1 nitrogen and oxygen atoms in total. The summed E-state index contributed by atoms with van der Waals surface area (Å²) in [6, 6.07) is 10.2. The smallest absolute Gasteiger partial charge is 0.112 e. The molecule has 0 N–H and O–H groups in total. The van der Waals surface area contributed by atoms with Crippen LogP contribution in [-0.4, -0.2) is 0 Å². The molecule has 0 aromatic heterocycles. The zero-order valence-electron chi connectivity index (χ0n) is 9.23. The van der Waals surface area contributed by atoms with Crippen LogP contribution in [-0.2, 0) is 11.3 Å². The summed E-state index contributed by atoms with van der Waals surface area (Å²) in [5, 5.41) is 0. The van der Waals surface area contributed by atoms with Crippen molar-refractivity contribution in [2.45, 2.75) is 26.4 Å². The van der Waals surface area contributed by atoms with Crippen molar-refractivity contribution in [1.29, 1.82) is 0 Å². The van der Waals surface area contributed by atoms with Gasteiger partial charge in [0.15, 0.2) is 0 Å². The van der Waals surface area contributed by atoms with Gasteiger partial charge in [-0.25, -0.2) is 0 Å². The highest BCUT2D eigenvalue weighted by Crippen LogP contribution is 2.00. The third-order valence-corrected chi connectivity index (χ3v) is 1.97. The first kappa shape index (κ1) is 11.6. The minimum atomic E-state index is 0.638. The van der Waals surface area contributed by atoms with Crippen LogP contribution in [0.4, 0.5) is 0 Å². The van der Waals surface area contributed by atoms with E-state index in [0.29, 0.717) is 6.61 Å². The van der Waals surface area contributed by atoms with E-state index in [1.54, 1.807) is 6.26 Å². The van der Waals surface area contributed by atoms with Crippen molar-refractivity contribution >= 4 is 0 Å². The van der Waals surface area contributed by atoms with E-state index in [-0.39, 0.29) is 0 Å². The van der Waals surface area contributed by atoms with E-state index in [1.807, 2.05) is 30.4 Å². The van der Waals surface area contributed by atoms with Gasteiger partial charge in [-0.1, -0.05) is 55.8 Å². The Balaban J connectivity index is 2.16. The minimum Gasteiger partial charge on any atom is -0.497 e. The molecule has 1 rings (SSSR count). The van der Waals surface area contributed by atoms with E-state index >= 15 is 0 Å². The highest BCUT2D eigenvalue weighted by Gasteiger charge is 1.86. The van der Waals surface area contributed by atoms with Gasteiger partial charge in [-0.3, -0.25) is 0 Å². The molecular weight excluding hydrogens is 184 g/mol. The molecule has 0 heterocycles. The zero-order valence-corrected chi connectivity index (χ0v) is 9.23. The fourth-order valence-corrected chi connectivity index (χ4v) is 1.16. The molecule has 0 spiro atoms. The average molecular weight is 202 g/mol. The molecule has 0 saturated carbocycles. The van der Waals surface area contributed by atoms with Gasteiger partial charge in [0.2, 0.25) is 0 Å². The van der Waals surface area contributed by atoms with Gasteiger partial charge in [-0.2, -0.15) is 0 Å². The third kappa shape index (κ3) is 5.74. The number of benzene rings is 1. The van der Waals surface area contributed by atoms with Crippen LogP contribution in [0.3, 0.4) is 0 Å². The third-order valence-electron chi connectivity index (χ3n) is 1.97. The van der Waals surface area contributed by atoms with Gasteiger partial charge in [-0.05, 0) is 18.1 Å². The van der Waals surface area contributed by atoms with Crippen molar-refractivity contribution < 1.29 is 4.74 Å². The van der Waals surface area contributed by atoms with Crippen LogP contribution in [0.5, 0.6) is 0 Å². The Morgan fingerprint density at radius 2 is 1.93 bits per heavy atom. The van der Waals surface area contributed by atoms with Crippen LogP contribution < -0.4 is 0 Å². The normalized spacial score (nSPS) is 11.3. The second kappa shape index (κ2) is 7.86. The standard InChI is InChI=1S/C14H18O/c1-2-3-4-5-9-12-15-13-14-10-7-6-8-11-14/h4-12H,2-3,13H2,1H3/b5-4+,12-9+. The monoisotopic (exact) mass is 202 g/mol. The molecule has 0 radical (unpaired) electrons. The van der Waals surface area contributed by atoms with Crippen molar-refractivity contribution in [1.82, 2.24) is 0 Å². The van der Waals surface area contributed by atoms with Gasteiger partial charge in [0, 0.05) is 0 Å². The Kier molecular flexibility index (Phi) is 6.07. The largest absolute Gasteiger partial charge is 0.497 e. The Labute approximate surface area is 92.1 Å². The van der Waals surface area contributed by atoms with E-state index in [9.17, 15) is 0 Å². The SMILES string of the molecule is CCC/C=C/C=C/OCc1ccccc1. The van der Waals surface area contributed by atoms with Crippen molar-refractivity contribution in [2.24, 2.45) is 0 Å². The van der Waals surface area contributed by atoms with Crippen molar-refractivity contribution in [2.75, 3.05) is 0 Å². The van der Waals surface area contributed by atoms with E-state index in [1.165, 1.54) is 12.0 Å². The summed E-state index contributed by atoms with van der Waals surface area (Å²) in [7, 11) is 0. The van der Waals surface area contributed by atoms with E-state index < -0.39 is 0 Å². The fourth-order valence-electron chi connectivity index (χ4n) is 1.16. The molecule has 0 unspecified atom stereocenters. The van der Waals surface area contributed by atoms with Crippen LogP contribution in [0.15, 0.2) is 54.8 Å². The first-order valence-corrected chi connectivity index (χ1v) is 5.40. The summed E-state index contributed by atoms with van der Waals surface area (Å²) < 4.78 is 5.37. The van der Waals surface area contributed by atoms with E-state index in [4.69, 9.17) is 4.74 Å². The van der Waals surface area contributed by atoms with Crippen LogP contribution in [0.25, 0.3) is 0 Å². The fraction of sp³-hybridized carbons (Fsp3) is 0.286. The maximum Gasteiger partial charge on any atom is 0.112 e. The molecule has 1 heteroatoms. The number of ether oxygens (including phenoxy) is 1. The van der Waals surface area contributed by atoms with Crippen molar-refractivity contribution in [3.05, 3.63) is 60.4 Å². The molecule has 0 amide bonds. The highest BCUT2D eigenvalue weighted by molar-refractivity contribution is 5.13. The predicted octanol–water partition coefficient (Wildman–Crippen LogP) is 4.07. The molecule has 1 aromatic carbocycles. The van der Waals surface area contributed by atoms with Gasteiger partial charge in [0.25, 0.3) is 0 Å². The molecule has 0 aliphatic carbocycles. The summed E-state index contributed by atoms with van der Waals surface area (Å²) in [6.07, 6.45) is 10.1. The number of allylic oxidation sites excluding steroid dienone is 3. The first-order valence-electron chi connectivity index (χ1n) is 5.40. The van der Waals surface area contributed by atoms with Gasteiger partial charge >= 0.3 is 0 Å². The lowest BCUT2D eigenvalue weighted by Crippen LogP contribution is -1.84. The van der Waals surface area contributed by atoms with Gasteiger partial charge in [0.1, 0.15) is 6.61 Å². The van der Waals surface area contributed by atoms with Crippen LogP contribution in [0, 0.1) is 0 Å². The molecule has 0 atom stereocenters. The van der Waals surface area contributed by atoms with E-state index in [0.717, 1.165) is 6.42 Å². The summed E-state index contributed by atoms with van der Waals surface area (Å²) in [5.41, 5.74) is 1.19. The average Bonchev–Trinajstić information content (AvgIpc) is 2.29. The summed E-state index contributed by atoms with van der Waals surface area (Å²) in [6.45, 7) is 2.80. The molecule has 0 bridgehead atoms. The second-order valence-corrected chi connectivity index (χ2v) is 3.34. The van der Waals surface area contributed by atoms with Gasteiger partial charge in [-0.15, -0.1) is 0 Å². The van der Waals surface area contributed by atoms with Crippen LogP contribution in [0.1, 0.15) is 25.3 Å². The van der Waals surface area contributed by atoms with Crippen LogP contribution >= 0.6 is 0 Å². The van der Waals surface area contributed by atoms with Crippen LogP contribution in [0.2, 0.25) is 0 Å². The summed E-state index contributed by atoms with van der Waals surface area (Å²) in [5.74, 6) is 0. The van der Waals surface area contributed by atoms with Gasteiger partial charge < -0.3 is 4.74 Å². The second-order valence-electron chi connectivity index (χ2n) is 3.34. The Bertz CT molecular complexity index is 298.